The van der Waals surface area contributed by atoms with Crippen LogP contribution in [0.4, 0.5) is 0 Å². The van der Waals surface area contributed by atoms with Gasteiger partial charge in [0.1, 0.15) is 5.75 Å². The molecule has 3 aromatic rings. The van der Waals surface area contributed by atoms with E-state index in [1.807, 2.05) is 58.0 Å². The number of hydrogen-bond donors (Lipinski definition) is 3. The summed E-state index contributed by atoms with van der Waals surface area (Å²) in [4.78, 5) is 19.4. The molecule has 2 aromatic carbocycles. The van der Waals surface area contributed by atoms with Gasteiger partial charge >= 0.3 is 0 Å². The van der Waals surface area contributed by atoms with Crippen LogP contribution in [0.3, 0.4) is 0 Å². The first-order chi connectivity index (χ1) is 13.0. The van der Waals surface area contributed by atoms with Gasteiger partial charge in [-0.05, 0) is 43.2 Å². The summed E-state index contributed by atoms with van der Waals surface area (Å²) in [6, 6.07) is 11.4. The lowest BCUT2D eigenvalue weighted by Crippen LogP contribution is -2.19. The minimum atomic E-state index is -0.245. The van der Waals surface area contributed by atoms with Crippen LogP contribution in [0, 0.1) is 13.8 Å². The Morgan fingerprint density at radius 1 is 1.30 bits per heavy atom. The molecule has 0 radical (unpaired) electrons. The van der Waals surface area contributed by atoms with E-state index in [0.717, 1.165) is 22.2 Å². The van der Waals surface area contributed by atoms with Gasteiger partial charge in [0.15, 0.2) is 5.16 Å². The number of H-pyrrole nitrogens is 1. The molecular weight excluding hydrogens is 360 g/mol. The number of phenolic OH excluding ortho intramolecular Hbond substituents is 1. The van der Waals surface area contributed by atoms with E-state index in [1.165, 1.54) is 18.0 Å². The van der Waals surface area contributed by atoms with Crippen molar-refractivity contribution in [1.29, 1.82) is 0 Å². The molecule has 6 nitrogen and oxygen atoms in total. The molecule has 0 saturated heterocycles. The number of hydrogen-bond acceptors (Lipinski definition) is 5. The number of nitrogens with zero attached hydrogens (tertiary/aromatic N) is 2. The van der Waals surface area contributed by atoms with Crippen LogP contribution in [0.25, 0.3) is 11.0 Å². The largest absolute Gasteiger partial charge is 0.507 e. The molecule has 0 aliphatic rings. The molecule has 0 atom stereocenters. The molecule has 0 saturated carbocycles. The Labute approximate surface area is 163 Å². The van der Waals surface area contributed by atoms with Crippen LogP contribution in [-0.2, 0) is 4.79 Å². The molecule has 142 valence electrons. The second kappa shape index (κ2) is 9.78. The summed E-state index contributed by atoms with van der Waals surface area (Å²) >= 11 is 1.31. The number of nitrogens with one attached hydrogen (secondary N) is 2. The minimum absolute atomic E-state index is 0.167. The SMILES string of the molecule is CC.Cc1cc(C)c(O)c(/C=N/NC(=O)CSc2nc3ccccc3[nH]2)c1. The number of hydrazone groups is 1. The third kappa shape index (κ3) is 5.59. The Hall–Kier alpha value is -2.80. The molecule has 7 heteroatoms. The highest BCUT2D eigenvalue weighted by atomic mass is 32.2. The predicted octanol–water partition coefficient (Wildman–Crippen LogP) is 4.15. The van der Waals surface area contributed by atoms with Crippen LogP contribution in [-0.4, -0.2) is 32.9 Å². The number of carbonyl (C=O) groups excluding carboxylic acids is 1. The van der Waals surface area contributed by atoms with Gasteiger partial charge in [-0.1, -0.05) is 43.8 Å². The molecule has 0 fully saturated rings. The van der Waals surface area contributed by atoms with E-state index in [2.05, 4.69) is 20.5 Å². The van der Waals surface area contributed by atoms with Crippen molar-refractivity contribution < 1.29 is 9.90 Å². The maximum absolute atomic E-state index is 11.9. The molecule has 0 unspecified atom stereocenters. The van der Waals surface area contributed by atoms with Crippen molar-refractivity contribution in [3.63, 3.8) is 0 Å². The average Bonchev–Trinajstić information content (AvgIpc) is 3.08. The van der Waals surface area contributed by atoms with Crippen molar-refractivity contribution in [3.05, 3.63) is 53.1 Å². The highest BCUT2D eigenvalue weighted by molar-refractivity contribution is 7.99. The van der Waals surface area contributed by atoms with Gasteiger partial charge in [0.05, 0.1) is 23.0 Å². The molecule has 1 amide bonds. The summed E-state index contributed by atoms with van der Waals surface area (Å²) < 4.78 is 0. The zero-order chi connectivity index (χ0) is 19.8. The zero-order valence-corrected chi connectivity index (χ0v) is 16.7. The Balaban J connectivity index is 0.00000126. The predicted molar refractivity (Wildman–Crippen MR) is 111 cm³/mol. The summed E-state index contributed by atoms with van der Waals surface area (Å²) in [5.74, 6) is 0.113. The summed E-state index contributed by atoms with van der Waals surface area (Å²) in [6.45, 7) is 7.76. The standard InChI is InChI=1S/C18H18N4O2S.C2H6/c1-11-7-12(2)17(24)13(8-11)9-19-22-16(23)10-25-18-20-14-5-3-4-6-15(14)21-18;1-2/h3-9,24H,10H2,1-2H3,(H,20,21)(H,22,23);1-2H3/b19-9+;. The van der Waals surface area contributed by atoms with Crippen LogP contribution in [0.1, 0.15) is 30.5 Å². The number of phenols is 1. The van der Waals surface area contributed by atoms with Crippen molar-refractivity contribution >= 4 is 34.9 Å². The molecule has 0 spiro atoms. The molecule has 1 aromatic heterocycles. The van der Waals surface area contributed by atoms with Crippen molar-refractivity contribution in [2.45, 2.75) is 32.9 Å². The molecule has 0 aliphatic heterocycles. The number of amides is 1. The van der Waals surface area contributed by atoms with E-state index in [4.69, 9.17) is 0 Å². The Morgan fingerprint density at radius 3 is 2.78 bits per heavy atom. The average molecular weight is 385 g/mol. The number of aromatic amines is 1. The van der Waals surface area contributed by atoms with Gasteiger partial charge in [-0.3, -0.25) is 4.79 Å². The highest BCUT2D eigenvalue weighted by Crippen LogP contribution is 2.22. The number of aromatic hydroxyl groups is 1. The lowest BCUT2D eigenvalue weighted by molar-refractivity contribution is -0.118. The molecule has 3 rings (SSSR count). The van der Waals surface area contributed by atoms with E-state index in [0.29, 0.717) is 10.7 Å². The number of aryl methyl sites for hydroxylation is 2. The molecule has 0 aliphatic carbocycles. The second-order valence-electron chi connectivity index (χ2n) is 5.66. The molecule has 27 heavy (non-hydrogen) atoms. The van der Waals surface area contributed by atoms with Crippen LogP contribution < -0.4 is 5.43 Å². The fourth-order valence-electron chi connectivity index (χ4n) is 2.43. The minimum Gasteiger partial charge on any atom is -0.507 e. The molecular formula is C20H24N4O2S. The van der Waals surface area contributed by atoms with Gasteiger partial charge < -0.3 is 10.1 Å². The summed E-state index contributed by atoms with van der Waals surface area (Å²) in [7, 11) is 0. The molecule has 0 bridgehead atoms. The van der Waals surface area contributed by atoms with Crippen molar-refractivity contribution in [2.24, 2.45) is 5.10 Å². The number of carbonyl (C=O) groups is 1. The number of para-hydroxylation sites is 2. The topological polar surface area (TPSA) is 90.4 Å². The smallest absolute Gasteiger partial charge is 0.250 e. The fourth-order valence-corrected chi connectivity index (χ4v) is 3.11. The van der Waals surface area contributed by atoms with Crippen molar-refractivity contribution in [2.75, 3.05) is 5.75 Å². The molecule has 1 heterocycles. The Kier molecular flexibility index (Phi) is 7.43. The maximum Gasteiger partial charge on any atom is 0.250 e. The number of thioether (sulfide) groups is 1. The van der Waals surface area contributed by atoms with Gasteiger partial charge in [-0.15, -0.1) is 0 Å². The number of benzene rings is 2. The van der Waals surface area contributed by atoms with Gasteiger partial charge in [0.2, 0.25) is 0 Å². The second-order valence-corrected chi connectivity index (χ2v) is 6.62. The zero-order valence-electron chi connectivity index (χ0n) is 15.9. The lowest BCUT2D eigenvalue weighted by atomic mass is 10.1. The number of fused-ring (bicyclic) bond motifs is 1. The number of imidazole rings is 1. The number of aromatic nitrogens is 2. The number of rotatable bonds is 5. The first-order valence-electron chi connectivity index (χ1n) is 8.72. The van der Waals surface area contributed by atoms with Crippen LogP contribution in [0.5, 0.6) is 5.75 Å². The van der Waals surface area contributed by atoms with E-state index in [-0.39, 0.29) is 17.4 Å². The Bertz CT molecular complexity index is 917. The normalized spacial score (nSPS) is 10.7. The maximum atomic E-state index is 11.9. The van der Waals surface area contributed by atoms with E-state index >= 15 is 0 Å². The first-order valence-corrected chi connectivity index (χ1v) is 9.71. The third-order valence-electron chi connectivity index (χ3n) is 3.57. The van der Waals surface area contributed by atoms with Crippen LogP contribution in [0.15, 0.2) is 46.7 Å². The van der Waals surface area contributed by atoms with Crippen molar-refractivity contribution in [1.82, 2.24) is 15.4 Å². The van der Waals surface area contributed by atoms with Gasteiger partial charge in [-0.2, -0.15) is 5.10 Å². The molecule has 3 N–H and O–H groups in total. The van der Waals surface area contributed by atoms with E-state index in [1.54, 1.807) is 6.07 Å². The third-order valence-corrected chi connectivity index (χ3v) is 4.45. The van der Waals surface area contributed by atoms with Crippen LogP contribution in [0.2, 0.25) is 0 Å². The van der Waals surface area contributed by atoms with E-state index in [9.17, 15) is 9.90 Å². The monoisotopic (exact) mass is 384 g/mol. The fraction of sp³-hybridized carbons (Fsp3) is 0.250. The van der Waals surface area contributed by atoms with Crippen LogP contribution >= 0.6 is 11.8 Å². The summed E-state index contributed by atoms with van der Waals surface area (Å²) in [5.41, 5.74) is 6.63. The van der Waals surface area contributed by atoms with Crippen molar-refractivity contribution in [3.8, 4) is 5.75 Å². The Morgan fingerprint density at radius 2 is 2.04 bits per heavy atom. The highest BCUT2D eigenvalue weighted by Gasteiger charge is 2.07. The summed E-state index contributed by atoms with van der Waals surface area (Å²) in [6.07, 6.45) is 1.44. The van der Waals surface area contributed by atoms with Gasteiger partial charge in [0.25, 0.3) is 5.91 Å². The van der Waals surface area contributed by atoms with Gasteiger partial charge in [-0.25, -0.2) is 10.4 Å². The lowest BCUT2D eigenvalue weighted by Gasteiger charge is -2.04. The summed E-state index contributed by atoms with van der Waals surface area (Å²) in [5, 5.41) is 14.6. The quantitative estimate of drug-likeness (QED) is 0.350. The first kappa shape index (κ1) is 20.5. The van der Waals surface area contributed by atoms with E-state index < -0.39 is 0 Å². The van der Waals surface area contributed by atoms with Gasteiger partial charge in [0, 0.05) is 5.56 Å².